The second-order valence-electron chi connectivity index (χ2n) is 8.37. The SMILES string of the molecule is COc1ccc([C@@H]2C(C(=O)c3cc4ccccc4o3)=C(O)C(=O)N2CCN2CCOCC2)cc1. The fourth-order valence-corrected chi connectivity index (χ4v) is 4.55. The monoisotopic (exact) mass is 462 g/mol. The molecule has 1 saturated heterocycles. The smallest absolute Gasteiger partial charge is 0.290 e. The molecule has 2 aromatic carbocycles. The maximum atomic E-state index is 13.6. The van der Waals surface area contributed by atoms with Crippen molar-refractivity contribution in [2.45, 2.75) is 6.04 Å². The highest BCUT2D eigenvalue weighted by Gasteiger charge is 2.44. The molecule has 2 aliphatic heterocycles. The van der Waals surface area contributed by atoms with Crippen LogP contribution in [0.1, 0.15) is 22.2 Å². The molecule has 0 saturated carbocycles. The third-order valence-electron chi connectivity index (χ3n) is 6.39. The molecule has 3 heterocycles. The van der Waals surface area contributed by atoms with Gasteiger partial charge in [-0.05, 0) is 29.8 Å². The standard InChI is InChI=1S/C26H26N2O6/c1-32-19-8-6-17(7-9-19)23-22(24(29)21-16-18-4-2-3-5-20(18)34-21)25(30)26(31)28(23)11-10-27-12-14-33-15-13-27/h2-9,16,23,30H,10-15H2,1H3/t23-/m1/s1. The maximum Gasteiger partial charge on any atom is 0.290 e. The van der Waals surface area contributed by atoms with Gasteiger partial charge in [-0.15, -0.1) is 0 Å². The van der Waals surface area contributed by atoms with E-state index in [9.17, 15) is 14.7 Å². The molecule has 2 aliphatic rings. The van der Waals surface area contributed by atoms with Crippen LogP contribution in [0.25, 0.3) is 11.0 Å². The van der Waals surface area contributed by atoms with Crippen molar-refractivity contribution >= 4 is 22.7 Å². The van der Waals surface area contributed by atoms with Gasteiger partial charge >= 0.3 is 0 Å². The Bertz CT molecular complexity index is 1210. The lowest BCUT2D eigenvalue weighted by Gasteiger charge is -2.31. The molecule has 1 fully saturated rings. The summed E-state index contributed by atoms with van der Waals surface area (Å²) in [5, 5.41) is 11.6. The molecule has 1 atom stereocenters. The van der Waals surface area contributed by atoms with E-state index in [2.05, 4.69) is 4.90 Å². The number of benzene rings is 2. The van der Waals surface area contributed by atoms with E-state index in [-0.39, 0.29) is 11.3 Å². The number of methoxy groups -OCH3 is 1. The van der Waals surface area contributed by atoms with Crippen LogP contribution in [-0.2, 0) is 9.53 Å². The summed E-state index contributed by atoms with van der Waals surface area (Å²) in [7, 11) is 1.57. The highest BCUT2D eigenvalue weighted by atomic mass is 16.5. The van der Waals surface area contributed by atoms with Gasteiger partial charge in [-0.3, -0.25) is 14.5 Å². The fraction of sp³-hybridized carbons (Fsp3) is 0.308. The number of Topliss-reactive ketones (excluding diaryl/α,β-unsaturated/α-hetero) is 1. The third kappa shape index (κ3) is 4.06. The summed E-state index contributed by atoms with van der Waals surface area (Å²) in [6.45, 7) is 3.82. The Hall–Kier alpha value is -3.62. The van der Waals surface area contributed by atoms with Crippen LogP contribution in [0.3, 0.4) is 0 Å². The van der Waals surface area contributed by atoms with Crippen molar-refractivity contribution in [3.8, 4) is 5.75 Å². The molecule has 176 valence electrons. The van der Waals surface area contributed by atoms with Crippen LogP contribution in [-0.4, -0.2) is 73.1 Å². The van der Waals surface area contributed by atoms with Gasteiger partial charge in [0.05, 0.1) is 31.9 Å². The van der Waals surface area contributed by atoms with Crippen LogP contribution in [0.4, 0.5) is 0 Å². The normalized spacial score (nSPS) is 19.3. The number of morpholine rings is 1. The molecule has 34 heavy (non-hydrogen) atoms. The molecule has 5 rings (SSSR count). The number of amides is 1. The number of para-hydroxylation sites is 1. The van der Waals surface area contributed by atoms with Crippen molar-refractivity contribution < 1.29 is 28.6 Å². The first-order valence-corrected chi connectivity index (χ1v) is 11.3. The second-order valence-corrected chi connectivity index (χ2v) is 8.37. The molecule has 0 bridgehead atoms. The highest BCUT2D eigenvalue weighted by Crippen LogP contribution is 2.40. The summed E-state index contributed by atoms with van der Waals surface area (Å²) in [5.41, 5.74) is 1.30. The molecule has 8 heteroatoms. The van der Waals surface area contributed by atoms with E-state index in [1.165, 1.54) is 0 Å². The van der Waals surface area contributed by atoms with E-state index in [0.29, 0.717) is 43.2 Å². The number of carbonyl (C=O) groups is 2. The van der Waals surface area contributed by atoms with Gasteiger partial charge in [0.15, 0.2) is 11.5 Å². The van der Waals surface area contributed by atoms with Gasteiger partial charge in [0, 0.05) is 31.6 Å². The number of aliphatic hydroxyl groups is 1. The lowest BCUT2D eigenvalue weighted by atomic mass is 9.95. The van der Waals surface area contributed by atoms with Gasteiger partial charge in [0.1, 0.15) is 11.3 Å². The molecule has 1 aromatic heterocycles. The van der Waals surface area contributed by atoms with Gasteiger partial charge in [0.2, 0.25) is 5.78 Å². The molecular formula is C26H26N2O6. The van der Waals surface area contributed by atoms with Crippen molar-refractivity contribution in [3.05, 3.63) is 77.3 Å². The van der Waals surface area contributed by atoms with Gasteiger partial charge in [-0.1, -0.05) is 30.3 Å². The predicted octanol–water partition coefficient (Wildman–Crippen LogP) is 3.35. The molecule has 1 N–H and O–H groups in total. The average molecular weight is 463 g/mol. The van der Waals surface area contributed by atoms with E-state index in [1.807, 2.05) is 30.3 Å². The van der Waals surface area contributed by atoms with Crippen molar-refractivity contribution in [2.75, 3.05) is 46.5 Å². The van der Waals surface area contributed by atoms with Crippen molar-refractivity contribution in [1.82, 2.24) is 9.80 Å². The summed E-state index contributed by atoms with van der Waals surface area (Å²) in [6.07, 6.45) is 0. The first-order valence-electron chi connectivity index (χ1n) is 11.3. The number of aliphatic hydroxyl groups excluding tert-OH is 1. The number of hydrogen-bond donors (Lipinski definition) is 1. The quantitative estimate of drug-likeness (QED) is 0.539. The molecule has 0 spiro atoms. The minimum atomic E-state index is -0.736. The number of hydrogen-bond acceptors (Lipinski definition) is 7. The second kappa shape index (κ2) is 9.32. The summed E-state index contributed by atoms with van der Waals surface area (Å²) >= 11 is 0. The lowest BCUT2D eigenvalue weighted by molar-refractivity contribution is -0.129. The summed E-state index contributed by atoms with van der Waals surface area (Å²) in [6, 6.07) is 15.4. The molecular weight excluding hydrogens is 436 g/mol. The van der Waals surface area contributed by atoms with Gasteiger partial charge in [-0.25, -0.2) is 0 Å². The number of ketones is 1. The largest absolute Gasteiger partial charge is 0.503 e. The predicted molar refractivity (Wildman–Crippen MR) is 125 cm³/mol. The number of carbonyl (C=O) groups excluding carboxylic acids is 2. The molecule has 8 nitrogen and oxygen atoms in total. The number of nitrogens with zero attached hydrogens (tertiary/aromatic N) is 2. The summed E-state index contributed by atoms with van der Waals surface area (Å²) in [4.78, 5) is 30.5. The van der Waals surface area contributed by atoms with Crippen LogP contribution in [0, 0.1) is 0 Å². The summed E-state index contributed by atoms with van der Waals surface area (Å²) in [5.74, 6) is -0.853. The first kappa shape index (κ1) is 22.2. The van der Waals surface area contributed by atoms with E-state index in [4.69, 9.17) is 13.9 Å². The molecule has 1 amide bonds. The zero-order chi connectivity index (χ0) is 23.7. The van der Waals surface area contributed by atoms with Crippen LogP contribution < -0.4 is 4.74 Å². The Morgan fingerprint density at radius 2 is 1.82 bits per heavy atom. The van der Waals surface area contributed by atoms with Crippen molar-refractivity contribution in [3.63, 3.8) is 0 Å². The van der Waals surface area contributed by atoms with E-state index < -0.39 is 23.5 Å². The van der Waals surface area contributed by atoms with Gasteiger partial charge < -0.3 is 23.9 Å². The Labute approximate surface area is 197 Å². The average Bonchev–Trinajstić information content (AvgIpc) is 3.42. The lowest BCUT2D eigenvalue weighted by Crippen LogP contribution is -2.43. The topological polar surface area (TPSA) is 92.5 Å². The van der Waals surface area contributed by atoms with Crippen molar-refractivity contribution in [1.29, 1.82) is 0 Å². The van der Waals surface area contributed by atoms with Gasteiger partial charge in [0.25, 0.3) is 5.91 Å². The van der Waals surface area contributed by atoms with Crippen molar-refractivity contribution in [2.24, 2.45) is 0 Å². The van der Waals surface area contributed by atoms with E-state index in [0.717, 1.165) is 18.5 Å². The zero-order valence-electron chi connectivity index (χ0n) is 18.9. The van der Waals surface area contributed by atoms with Gasteiger partial charge in [-0.2, -0.15) is 0 Å². The minimum Gasteiger partial charge on any atom is -0.503 e. The fourth-order valence-electron chi connectivity index (χ4n) is 4.55. The van der Waals surface area contributed by atoms with Crippen LogP contribution in [0.5, 0.6) is 5.75 Å². The maximum absolute atomic E-state index is 13.6. The number of rotatable bonds is 7. The number of fused-ring (bicyclic) bond motifs is 1. The third-order valence-corrected chi connectivity index (χ3v) is 6.39. The Morgan fingerprint density at radius 1 is 1.09 bits per heavy atom. The molecule has 3 aromatic rings. The highest BCUT2D eigenvalue weighted by molar-refractivity contribution is 6.16. The number of ether oxygens (including phenoxy) is 2. The van der Waals surface area contributed by atoms with Crippen LogP contribution in [0.15, 0.2) is 70.3 Å². The van der Waals surface area contributed by atoms with E-state index in [1.54, 1.807) is 36.3 Å². The molecule has 0 unspecified atom stereocenters. The van der Waals surface area contributed by atoms with Crippen LogP contribution in [0.2, 0.25) is 0 Å². The number of furan rings is 1. The molecule has 0 aliphatic carbocycles. The first-order chi connectivity index (χ1) is 16.6. The van der Waals surface area contributed by atoms with E-state index >= 15 is 0 Å². The Balaban J connectivity index is 1.50. The Morgan fingerprint density at radius 3 is 2.53 bits per heavy atom. The Kier molecular flexibility index (Phi) is 6.08. The summed E-state index contributed by atoms with van der Waals surface area (Å²) < 4.78 is 16.4. The zero-order valence-corrected chi connectivity index (χ0v) is 18.9. The molecule has 0 radical (unpaired) electrons. The van der Waals surface area contributed by atoms with Crippen LogP contribution >= 0.6 is 0 Å². The minimum absolute atomic E-state index is 0.0243.